The molecule has 3 N–H and O–H groups in total. The number of rotatable bonds is 2. The number of carbonyl (C=O) groups is 2. The van der Waals surface area contributed by atoms with Crippen LogP contribution in [0, 0.1) is 0 Å². The van der Waals surface area contributed by atoms with Crippen LogP contribution in [0.25, 0.3) is 0 Å². The highest BCUT2D eigenvalue weighted by Gasteiger charge is 1.88. The van der Waals surface area contributed by atoms with Crippen molar-refractivity contribution < 1.29 is 19.8 Å². The Bertz CT molecular complexity index is 376. The predicted octanol–water partition coefficient (Wildman–Crippen LogP) is -0.518. The van der Waals surface area contributed by atoms with E-state index in [1.807, 2.05) is 0 Å². The number of hydrogen-bond donors (Lipinski definition) is 3. The molecule has 1 heterocycles. The van der Waals surface area contributed by atoms with E-state index < -0.39 is 11.9 Å². The monoisotopic (exact) mass is 212 g/mol. The van der Waals surface area contributed by atoms with Gasteiger partial charge in [-0.2, -0.15) is 0 Å². The molecule has 1 aromatic heterocycles. The summed E-state index contributed by atoms with van der Waals surface area (Å²) in [6, 6.07) is 1.36. The van der Waals surface area contributed by atoms with Crippen molar-refractivity contribution in [2.75, 3.05) is 0 Å². The summed E-state index contributed by atoms with van der Waals surface area (Å²) in [7, 11) is 0. The molecule has 7 heteroatoms. The molecule has 0 aliphatic heterocycles. The number of carboxylic acid groups (broad SMARTS) is 2. The highest BCUT2D eigenvalue weighted by Crippen LogP contribution is 1.70. The van der Waals surface area contributed by atoms with Gasteiger partial charge in [-0.15, -0.1) is 0 Å². The fourth-order valence-electron chi connectivity index (χ4n) is 0.445. The van der Waals surface area contributed by atoms with E-state index in [1.54, 1.807) is 0 Å². The van der Waals surface area contributed by atoms with Crippen molar-refractivity contribution in [3.05, 3.63) is 41.1 Å². The maximum atomic E-state index is 10.2. The van der Waals surface area contributed by atoms with E-state index in [1.165, 1.54) is 18.6 Å². The number of carboxylic acids is 2. The lowest BCUT2D eigenvalue weighted by Crippen LogP contribution is -2.00. The summed E-state index contributed by atoms with van der Waals surface area (Å²) < 4.78 is 0. The standard InChI is InChI=1S/C4H4N2O.C4H4O4/c7-4-1-2-5-3-6-4;5-3(6)1-2-4(7)8/h1-3H,(H,5,6,7);1-2H,(H,5,6)(H,7,8)/b;2-1+. The van der Waals surface area contributed by atoms with Crippen molar-refractivity contribution in [2.24, 2.45) is 0 Å². The molecule has 0 atom stereocenters. The molecule has 0 spiro atoms. The zero-order valence-electron chi connectivity index (χ0n) is 7.45. The molecular formula is C8H8N2O5. The summed E-state index contributed by atoms with van der Waals surface area (Å²) >= 11 is 0. The molecule has 0 saturated heterocycles. The normalized spacial score (nSPS) is 9.07. The Morgan fingerprint density at radius 2 is 1.80 bits per heavy atom. The first-order chi connectivity index (χ1) is 7.02. The minimum absolute atomic E-state index is 0.116. The molecule has 1 aromatic rings. The van der Waals surface area contributed by atoms with Gasteiger partial charge >= 0.3 is 11.9 Å². The van der Waals surface area contributed by atoms with Gasteiger partial charge in [0.05, 0.1) is 6.33 Å². The number of aliphatic carboxylic acids is 2. The minimum atomic E-state index is -1.26. The molecule has 0 saturated carbocycles. The summed E-state index contributed by atoms with van der Waals surface area (Å²) in [5.41, 5.74) is -0.116. The summed E-state index contributed by atoms with van der Waals surface area (Å²) in [6.07, 6.45) is 3.91. The Balaban J connectivity index is 0.000000262. The molecule has 0 fully saturated rings. The van der Waals surface area contributed by atoms with Gasteiger partial charge in [-0.1, -0.05) is 0 Å². The van der Waals surface area contributed by atoms with Crippen LogP contribution in [0.2, 0.25) is 0 Å². The lowest BCUT2D eigenvalue weighted by atomic mass is 10.5. The van der Waals surface area contributed by atoms with Gasteiger partial charge in [-0.05, 0) is 0 Å². The molecule has 1 rings (SSSR count). The summed E-state index contributed by atoms with van der Waals surface area (Å²) in [5.74, 6) is -2.51. The average Bonchev–Trinajstić information content (AvgIpc) is 2.17. The number of nitrogens with zero attached hydrogens (tertiary/aromatic N) is 1. The largest absolute Gasteiger partial charge is 0.478 e. The van der Waals surface area contributed by atoms with Gasteiger partial charge in [0.2, 0.25) is 0 Å². The number of hydrogen-bond acceptors (Lipinski definition) is 4. The average molecular weight is 212 g/mol. The molecule has 80 valence electrons. The van der Waals surface area contributed by atoms with Crippen molar-refractivity contribution in [2.45, 2.75) is 0 Å². The number of aromatic nitrogens is 2. The Morgan fingerprint density at radius 1 is 1.27 bits per heavy atom. The quantitative estimate of drug-likeness (QED) is 0.567. The lowest BCUT2D eigenvalue weighted by Gasteiger charge is -1.74. The molecule has 7 nitrogen and oxygen atoms in total. The van der Waals surface area contributed by atoms with Gasteiger partial charge < -0.3 is 15.2 Å². The first kappa shape index (κ1) is 12.6. The van der Waals surface area contributed by atoms with Crippen molar-refractivity contribution in [3.8, 4) is 0 Å². The highest BCUT2D eigenvalue weighted by molar-refractivity contribution is 5.89. The van der Waals surface area contributed by atoms with Crippen molar-refractivity contribution in [1.82, 2.24) is 9.97 Å². The molecule has 0 aliphatic carbocycles. The second-order valence-corrected chi connectivity index (χ2v) is 2.11. The Kier molecular flexibility index (Phi) is 5.87. The SMILES string of the molecule is O=C(O)/C=C/C(=O)O.O=c1ccnc[nH]1. The van der Waals surface area contributed by atoms with Crippen LogP contribution < -0.4 is 5.56 Å². The van der Waals surface area contributed by atoms with E-state index in [9.17, 15) is 14.4 Å². The van der Waals surface area contributed by atoms with Crippen LogP contribution in [-0.2, 0) is 9.59 Å². The Hall–Kier alpha value is -2.44. The smallest absolute Gasteiger partial charge is 0.328 e. The molecule has 0 aliphatic rings. The summed E-state index contributed by atoms with van der Waals surface area (Å²) in [5, 5.41) is 15.6. The van der Waals surface area contributed by atoms with E-state index >= 15 is 0 Å². The van der Waals surface area contributed by atoms with Gasteiger partial charge in [0, 0.05) is 24.4 Å². The van der Waals surface area contributed by atoms with Crippen LogP contribution in [0.5, 0.6) is 0 Å². The molecular weight excluding hydrogens is 204 g/mol. The molecule has 0 unspecified atom stereocenters. The maximum Gasteiger partial charge on any atom is 0.328 e. The predicted molar refractivity (Wildman–Crippen MR) is 49.3 cm³/mol. The van der Waals surface area contributed by atoms with Crippen LogP contribution >= 0.6 is 0 Å². The number of H-pyrrole nitrogens is 1. The zero-order chi connectivity index (χ0) is 11.7. The summed E-state index contributed by atoms with van der Waals surface area (Å²) in [4.78, 5) is 35.2. The van der Waals surface area contributed by atoms with Crippen LogP contribution in [0.3, 0.4) is 0 Å². The van der Waals surface area contributed by atoms with Crippen LogP contribution in [0.4, 0.5) is 0 Å². The molecule has 0 bridgehead atoms. The van der Waals surface area contributed by atoms with Crippen molar-refractivity contribution >= 4 is 11.9 Å². The number of aromatic amines is 1. The van der Waals surface area contributed by atoms with Crippen LogP contribution in [0.1, 0.15) is 0 Å². The van der Waals surface area contributed by atoms with Gasteiger partial charge in [-0.3, -0.25) is 4.79 Å². The lowest BCUT2D eigenvalue weighted by molar-refractivity contribution is -0.134. The highest BCUT2D eigenvalue weighted by atomic mass is 16.4. The third-order valence-corrected chi connectivity index (χ3v) is 0.962. The van der Waals surface area contributed by atoms with Crippen LogP contribution in [0.15, 0.2) is 35.5 Å². The van der Waals surface area contributed by atoms with Crippen molar-refractivity contribution in [1.29, 1.82) is 0 Å². The topological polar surface area (TPSA) is 120 Å². The fourth-order valence-corrected chi connectivity index (χ4v) is 0.445. The second-order valence-electron chi connectivity index (χ2n) is 2.11. The first-order valence-electron chi connectivity index (χ1n) is 3.65. The van der Waals surface area contributed by atoms with Gasteiger partial charge in [0.25, 0.3) is 5.56 Å². The number of nitrogens with one attached hydrogen (secondary N) is 1. The summed E-state index contributed by atoms with van der Waals surface area (Å²) in [6.45, 7) is 0. The Morgan fingerprint density at radius 3 is 2.00 bits per heavy atom. The molecule has 0 radical (unpaired) electrons. The van der Waals surface area contributed by atoms with E-state index in [-0.39, 0.29) is 5.56 Å². The Labute approximate surface area is 83.7 Å². The molecule has 0 aromatic carbocycles. The van der Waals surface area contributed by atoms with Crippen LogP contribution in [-0.4, -0.2) is 32.1 Å². The third kappa shape index (κ3) is 9.47. The molecule has 15 heavy (non-hydrogen) atoms. The van der Waals surface area contributed by atoms with E-state index in [0.717, 1.165) is 0 Å². The zero-order valence-corrected chi connectivity index (χ0v) is 7.45. The fraction of sp³-hybridized carbons (Fsp3) is 0. The van der Waals surface area contributed by atoms with E-state index in [4.69, 9.17) is 10.2 Å². The van der Waals surface area contributed by atoms with E-state index in [2.05, 4.69) is 9.97 Å². The van der Waals surface area contributed by atoms with Gasteiger partial charge in [0.15, 0.2) is 0 Å². The second kappa shape index (κ2) is 7.01. The minimum Gasteiger partial charge on any atom is -0.478 e. The van der Waals surface area contributed by atoms with Crippen molar-refractivity contribution in [3.63, 3.8) is 0 Å². The maximum absolute atomic E-state index is 10.2. The third-order valence-electron chi connectivity index (χ3n) is 0.962. The molecule has 0 amide bonds. The van der Waals surface area contributed by atoms with Gasteiger partial charge in [-0.25, -0.2) is 14.6 Å². The van der Waals surface area contributed by atoms with Gasteiger partial charge in [0.1, 0.15) is 0 Å². The first-order valence-corrected chi connectivity index (χ1v) is 3.65. The van der Waals surface area contributed by atoms with E-state index in [0.29, 0.717) is 12.2 Å².